The van der Waals surface area contributed by atoms with E-state index in [0.29, 0.717) is 70.4 Å². The predicted octanol–water partition coefficient (Wildman–Crippen LogP) is 16.9. The summed E-state index contributed by atoms with van der Waals surface area (Å²) in [7, 11) is 5.61. The monoisotopic (exact) mass is 2280 g/mol. The van der Waals surface area contributed by atoms with Crippen molar-refractivity contribution in [1.29, 1.82) is 0 Å². The average molecular weight is 2280 g/mol. The molecule has 3 saturated heterocycles. The second-order valence-corrected chi connectivity index (χ2v) is 30.3. The predicted molar refractivity (Wildman–Crippen MR) is 502 cm³/mol. The molecule has 6 amide bonds. The van der Waals surface area contributed by atoms with E-state index >= 15 is 0 Å². The molecule has 7 fully saturated rings. The number of nitrogens with one attached hydrogen (secondary N) is 3. The van der Waals surface area contributed by atoms with Gasteiger partial charge in [0, 0.05) is 293 Å². The number of nitrogens with zero attached hydrogens (tertiary/aromatic N) is 7. The van der Waals surface area contributed by atoms with Gasteiger partial charge in [-0.2, -0.15) is 87.1 Å². The van der Waals surface area contributed by atoms with Gasteiger partial charge in [-0.1, -0.05) is 83.7 Å². The molecule has 697 valence electrons. The number of ketones is 3. The Hall–Kier alpha value is -1.70. The van der Waals surface area contributed by atoms with Crippen LogP contribution in [-0.4, -0.2) is 198 Å². The molecule has 7 rings (SSSR count). The summed E-state index contributed by atoms with van der Waals surface area (Å²) in [6.07, 6.45) is 60.7. The largest absolute Gasteiger partial charge is 0.496 e. The minimum atomic E-state index is -0.365. The van der Waals surface area contributed by atoms with E-state index in [1.165, 1.54) is 91.0 Å². The van der Waals surface area contributed by atoms with Crippen LogP contribution in [0.4, 0.5) is 0 Å². The molecular formula is C102H151N10O9Y7-13. The van der Waals surface area contributed by atoms with E-state index in [1.807, 2.05) is 59.2 Å². The Balaban J connectivity index is -0.000000265. The number of carbonyl (C=O) groups is 9. The van der Waals surface area contributed by atoms with Gasteiger partial charge in [0.25, 0.3) is 0 Å². The van der Waals surface area contributed by atoms with Gasteiger partial charge in [0.2, 0.25) is 35.4 Å². The van der Waals surface area contributed by atoms with Crippen molar-refractivity contribution in [2.75, 3.05) is 86.6 Å². The van der Waals surface area contributed by atoms with Gasteiger partial charge in [-0.25, -0.2) is 43.5 Å². The van der Waals surface area contributed by atoms with Gasteiger partial charge in [0.05, 0.1) is 30.7 Å². The van der Waals surface area contributed by atoms with Crippen LogP contribution in [0.2, 0.25) is 0 Å². The van der Waals surface area contributed by atoms with Crippen LogP contribution in [0.25, 0.3) is 0 Å². The van der Waals surface area contributed by atoms with Gasteiger partial charge in [-0.15, -0.1) is 59.0 Å². The van der Waals surface area contributed by atoms with Crippen molar-refractivity contribution in [1.82, 2.24) is 45.3 Å². The van der Waals surface area contributed by atoms with Crippen LogP contribution < -0.4 is 16.0 Å². The maximum atomic E-state index is 12.3. The van der Waals surface area contributed by atoms with Crippen LogP contribution in [0, 0.1) is 118 Å². The number of Topliss-reactive ketones (excluding diaryl/α,β-unsaturated/α-hetero) is 3. The molecule has 0 aromatic rings. The third-order valence-corrected chi connectivity index (χ3v) is 21.2. The van der Waals surface area contributed by atoms with E-state index in [2.05, 4.69) is 166 Å². The number of hydrogen-bond acceptors (Lipinski definition) is 12. The van der Waals surface area contributed by atoms with Crippen molar-refractivity contribution in [2.24, 2.45) is 23.7 Å². The summed E-state index contributed by atoms with van der Waals surface area (Å²) in [5.74, 6) is 1.34. The molecule has 19 nitrogen and oxygen atoms in total. The molecule has 0 bridgehead atoms. The maximum Gasteiger partial charge on any atom is 0.235 e. The molecule has 4 saturated carbocycles. The zero-order valence-electron chi connectivity index (χ0n) is 79.0. The minimum absolute atomic E-state index is 0. The number of likely N-dealkylation sites (tertiary alicyclic amines) is 3. The summed E-state index contributed by atoms with van der Waals surface area (Å²) in [6, 6.07) is -0.0380. The first-order valence-electron chi connectivity index (χ1n) is 43.4. The number of carbonyl (C=O) groups excluding carboxylic acids is 9. The standard InChI is InChI=1S/C16H22.2C15H21NO.2C14H22N2O2.C14H20N2O2.C14H23N2O.7Y/c1-4-7-10-15-11-8-12-16(15)13-14(6-3)9-5-2;1-4-8-13(6-3)12-14-10-7-11-16(14)15(17)9-5-2;1-4-7-9-13-10-8-11-14(13)15(17)16(6-3)12-5-2;1-4-12(8-11(2)17)9-13-6-5-7-16(13)14(18)10-15-3;1-4-16(10-11(2)17)14(18)13-7-5-6-12(13)8-9-15-3;1-4-8-13(17)16-11-7-9-12(16)14(18)15(6-3)10-5-2;1-4-16(10-12(2)17)11-14-7-5-6-13(14)8-9-15-3;;;;;;;/h4-5,9-10,13,16H,1-3,6-8,11-12H2;4-5,8,12,14H,1-3,6-7,9-11H2;4-5,9,12,14H,1-3,6-8,10-11H2;8-9,13,15H,1,4-7,10H2,2-3H3;8,10,13,15H,1,4-7,9H2,2-3H3;4-5,10,12H,1-3,6-9,11H2;8,10-11,14-15H,1,4-7,9H2,2-3H3;;;;;;;/q6*-2;-1;;;;;;;/b14-13+,15-10+;13-12+;13-9+;12-9+;12-8+;;13-8+;;;;;;;/t16-;2*14-;2*13-;12-;14-;;;;;;;/m0010100......./s1. The average Bonchev–Trinajstić information content (AvgIpc) is 1.66. The first-order valence-corrected chi connectivity index (χ1v) is 43.4. The molecule has 4 aliphatic carbocycles. The van der Waals surface area contributed by atoms with E-state index in [0.717, 1.165) is 134 Å². The molecule has 0 unspecified atom stereocenters. The molecule has 7 radical (unpaired) electrons. The van der Waals surface area contributed by atoms with Crippen LogP contribution in [0.3, 0.4) is 0 Å². The van der Waals surface area contributed by atoms with Crippen molar-refractivity contribution in [3.8, 4) is 0 Å². The van der Waals surface area contributed by atoms with Gasteiger partial charge in [0.1, 0.15) is 11.8 Å². The smallest absolute Gasteiger partial charge is 0.235 e. The zero-order chi connectivity index (χ0) is 90.5. The second kappa shape index (κ2) is 86.8. The Morgan fingerprint density at radius 2 is 0.836 bits per heavy atom. The fourth-order valence-corrected chi connectivity index (χ4v) is 15.4. The Kier molecular flexibility index (Phi) is 94.5. The minimum Gasteiger partial charge on any atom is -0.496 e. The van der Waals surface area contributed by atoms with E-state index in [4.69, 9.17) is 0 Å². The normalized spacial score (nSPS) is 19.9. The zero-order valence-corrected chi connectivity index (χ0v) is 98.9. The third-order valence-electron chi connectivity index (χ3n) is 21.2. The van der Waals surface area contributed by atoms with E-state index in [1.54, 1.807) is 85.8 Å². The van der Waals surface area contributed by atoms with E-state index in [-0.39, 0.29) is 318 Å². The summed E-state index contributed by atoms with van der Waals surface area (Å²) >= 11 is 0. The summed E-state index contributed by atoms with van der Waals surface area (Å²) < 4.78 is 1.91. The molecule has 128 heavy (non-hydrogen) atoms. The molecule has 7 atom stereocenters. The van der Waals surface area contributed by atoms with E-state index < -0.39 is 0 Å². The van der Waals surface area contributed by atoms with Crippen molar-refractivity contribution in [3.05, 3.63) is 277 Å². The molecule has 0 aromatic carbocycles. The van der Waals surface area contributed by atoms with Crippen molar-refractivity contribution in [3.63, 3.8) is 0 Å². The van der Waals surface area contributed by atoms with Crippen LogP contribution >= 0.6 is 0 Å². The molecule has 26 heteroatoms. The first kappa shape index (κ1) is 139. The van der Waals surface area contributed by atoms with Crippen LogP contribution in [0.5, 0.6) is 0 Å². The van der Waals surface area contributed by atoms with Gasteiger partial charge < -0.3 is 106 Å². The Morgan fingerprint density at radius 3 is 1.27 bits per heavy atom. The molecule has 7 aliphatic rings. The van der Waals surface area contributed by atoms with Gasteiger partial charge >= 0.3 is 0 Å². The van der Waals surface area contributed by atoms with Gasteiger partial charge in [0.15, 0.2) is 0 Å². The Labute approximate surface area is 954 Å². The number of hydrogen-bond donors (Lipinski definition) is 3. The maximum absolute atomic E-state index is 12.3. The number of rotatable bonds is 42. The molecule has 3 heterocycles. The number of likely N-dealkylation sites (N-methyl/N-ethyl adjacent to an activating group) is 3. The van der Waals surface area contributed by atoms with Crippen LogP contribution in [0.1, 0.15) is 181 Å². The van der Waals surface area contributed by atoms with Gasteiger partial charge in [-0.05, 0) is 182 Å². The molecular weight excluding hydrogens is 2130 g/mol. The molecule has 3 aliphatic heterocycles. The Morgan fingerprint density at radius 1 is 0.430 bits per heavy atom. The quantitative estimate of drug-likeness (QED) is 0.0225. The fourth-order valence-electron chi connectivity index (χ4n) is 15.4. The van der Waals surface area contributed by atoms with Gasteiger partial charge in [-0.3, -0.25) is 35.7 Å². The molecule has 3 N–H and O–H groups in total. The number of allylic oxidation sites excluding steroid dienone is 12. The summed E-state index contributed by atoms with van der Waals surface area (Å²) in [4.78, 5) is 116. The fraction of sp³-hybridized carbons (Fsp3) is 0.471. The van der Waals surface area contributed by atoms with Crippen LogP contribution in [-0.2, 0) is 272 Å². The number of amides is 6. The molecule has 0 aromatic heterocycles. The summed E-state index contributed by atoms with van der Waals surface area (Å²) in [5.41, 5.74) is 8.85. The first-order chi connectivity index (χ1) is 58.3. The van der Waals surface area contributed by atoms with Crippen molar-refractivity contribution in [2.45, 2.75) is 199 Å². The second-order valence-electron chi connectivity index (χ2n) is 30.3. The van der Waals surface area contributed by atoms with E-state index in [9.17, 15) is 43.2 Å². The summed E-state index contributed by atoms with van der Waals surface area (Å²) in [6.45, 7) is 72.8. The molecule has 0 spiro atoms. The Bertz CT molecular complexity index is 3570. The topological polar surface area (TPSA) is 212 Å². The van der Waals surface area contributed by atoms with Crippen LogP contribution in [0.15, 0.2) is 183 Å². The van der Waals surface area contributed by atoms with Crippen molar-refractivity contribution >= 4 is 59.0 Å². The SMILES string of the molecule is C=C[CH-]/C(=C/[C@@H]1CCC/C1=C\CC=C)C[CH2-].C=C[CH-]/C(=C/[C@@H]1CCCN1C(=O)CC=C)C[CH2-].C=C[CH-]N(C[CH2-])C(=O)[C@@H]1CCC/C1=C\CC=C.C=C[CH-]N(C[CH2-])C(=O)[C@@H]1CCCN1C(=O)CC=C.[CH2-]C/C(=C\[C@@H]1CCCN1C(=O)CNC)[CH-]C(C)=O.[CH2-]CN([CH-]C(C)=O)C(=O)[C@@H]1CCC/C1=C\CNC.[CH2-]C[N+](=C[C@@H]1CCC/C1=C\CNC)[CH-]C(C)=O.[Y].[Y].[Y].[Y].[Y].[Y].[Y]. The van der Waals surface area contributed by atoms with Crippen molar-refractivity contribution < 1.29 is 277 Å². The third kappa shape index (κ3) is 56.2. The summed E-state index contributed by atoms with van der Waals surface area (Å²) in [5, 5.41) is 9.07.